The van der Waals surface area contributed by atoms with Crippen LogP contribution in [0.3, 0.4) is 0 Å². The van der Waals surface area contributed by atoms with E-state index in [-0.39, 0.29) is 53.8 Å². The molecule has 5 amide bonds. The number of rotatable bonds is 17. The summed E-state index contributed by atoms with van der Waals surface area (Å²) in [5.41, 5.74) is 8.19. The van der Waals surface area contributed by atoms with Crippen LogP contribution in [0.1, 0.15) is 152 Å². The standard InChI is InChI=1S/C29H35ClN4O5S.C25H28ClN3O3S.C16H21N3O3.C13H16ClNO3S/c1-28(2,3)39-27(36)32-13-9-29(10-14-32)23-8-11-31-18-25(23)34(26(29)35)19-22-17-20-16-21(30)6-7-24(20)33(22)12-5-15-40(4,37)38;1-33(31,32)13-5-12-28-20(15-18-14-19(26)6-7-22(18)28)17-29-23-16-27-11-8-21(23)25(24(29)30)9-3-2-4-10-25;1-15(2,3)22-14(21)19-8-5-16(6-9-19)11-4-7-17-10-12(11)18-13(16)20;1-19(17,18)6-2-5-15-12(9-16)8-10-7-11(14)3-4-13(10)15/h6-8,11,16-18H,5,9-10,12-15,19H2,1-4H3;6-8,11,14-16H,2-5,9-10,12-13,17H2,1H3;4,7,10H,5-6,8-9H2,1-3H3,(H,18,20);3-4,7-8,16H,2,5-6,9H2,1H3. The van der Waals surface area contributed by atoms with Crippen LogP contribution in [0.4, 0.5) is 26.7 Å². The zero-order valence-electron chi connectivity index (χ0n) is 65.9. The van der Waals surface area contributed by atoms with Crippen LogP contribution in [0.2, 0.25) is 15.1 Å². The van der Waals surface area contributed by atoms with Crippen molar-refractivity contribution < 1.29 is 63.8 Å². The van der Waals surface area contributed by atoms with E-state index >= 15 is 0 Å². The minimum Gasteiger partial charge on any atom is -0.444 e. The van der Waals surface area contributed by atoms with Crippen molar-refractivity contribution in [2.45, 2.75) is 185 Å². The molecule has 5 aliphatic heterocycles. The fourth-order valence-corrected chi connectivity index (χ4v) is 19.3. The van der Waals surface area contributed by atoms with Gasteiger partial charge in [0.2, 0.25) is 17.7 Å². The number of halogens is 3. The normalized spacial score (nSPS) is 17.0. The molecule has 3 fully saturated rings. The molecule has 9 aromatic rings. The van der Waals surface area contributed by atoms with Crippen molar-refractivity contribution >= 4 is 144 Å². The molecule has 25 nitrogen and oxygen atoms in total. The zero-order valence-corrected chi connectivity index (χ0v) is 70.6. The summed E-state index contributed by atoms with van der Waals surface area (Å²) in [6, 6.07) is 28.6. The van der Waals surface area contributed by atoms with Crippen LogP contribution in [-0.2, 0) is 109 Å². The molecule has 31 heteroatoms. The molecule has 11 heterocycles. The van der Waals surface area contributed by atoms with E-state index in [9.17, 15) is 54.3 Å². The van der Waals surface area contributed by atoms with Gasteiger partial charge in [0.1, 0.15) is 40.7 Å². The van der Waals surface area contributed by atoms with Gasteiger partial charge < -0.3 is 53.2 Å². The van der Waals surface area contributed by atoms with Crippen molar-refractivity contribution in [2.24, 2.45) is 0 Å². The molecule has 0 unspecified atom stereocenters. The van der Waals surface area contributed by atoms with Crippen molar-refractivity contribution in [3.8, 4) is 0 Å². The lowest BCUT2D eigenvalue weighted by Crippen LogP contribution is -2.50. The van der Waals surface area contributed by atoms with Crippen LogP contribution in [0.25, 0.3) is 32.7 Å². The number of carbonyl (C=O) groups is 5. The topological polar surface area (TPSA) is 305 Å². The molecule has 2 saturated heterocycles. The number of fused-ring (bicyclic) bond motifs is 9. The van der Waals surface area contributed by atoms with Gasteiger partial charge in [-0.05, 0) is 207 Å². The highest BCUT2D eigenvalue weighted by Crippen LogP contribution is 2.52. The number of piperidine rings is 2. The third-order valence-corrected chi connectivity index (χ3v) is 25.9. The summed E-state index contributed by atoms with van der Waals surface area (Å²) in [6.45, 7) is 15.2. The van der Waals surface area contributed by atoms with Gasteiger partial charge in [-0.15, -0.1) is 0 Å². The molecule has 2 N–H and O–H groups in total. The maximum absolute atomic E-state index is 14.2. The van der Waals surface area contributed by atoms with E-state index in [4.69, 9.17) is 44.3 Å². The molecule has 0 radical (unpaired) electrons. The van der Waals surface area contributed by atoms with Gasteiger partial charge in [-0.3, -0.25) is 29.3 Å². The van der Waals surface area contributed by atoms with Crippen molar-refractivity contribution in [2.75, 3.05) is 77.3 Å². The quantitative estimate of drug-likeness (QED) is 0.0855. The molecule has 6 aromatic heterocycles. The monoisotopic (exact) mass is 1680 g/mol. The number of aliphatic hydroxyl groups excluding tert-OH is 1. The minimum absolute atomic E-state index is 0.00897. The predicted octanol–water partition coefficient (Wildman–Crippen LogP) is 14.3. The Morgan fingerprint density at radius 1 is 0.474 bits per heavy atom. The summed E-state index contributed by atoms with van der Waals surface area (Å²) in [5.74, 6) is 0.510. The van der Waals surface area contributed by atoms with Gasteiger partial charge in [0.15, 0.2) is 0 Å². The second-order valence-electron chi connectivity index (χ2n) is 32.8. The van der Waals surface area contributed by atoms with Crippen LogP contribution >= 0.6 is 34.8 Å². The summed E-state index contributed by atoms with van der Waals surface area (Å²) in [6.07, 6.45) is 22.2. The summed E-state index contributed by atoms with van der Waals surface area (Å²) >= 11 is 18.5. The molecule has 3 spiro atoms. The Morgan fingerprint density at radius 3 is 1.20 bits per heavy atom. The lowest BCUT2D eigenvalue weighted by molar-refractivity contribution is -0.125. The third kappa shape index (κ3) is 19.1. The molecule has 3 aromatic carbocycles. The molecule has 114 heavy (non-hydrogen) atoms. The Bertz CT molecular complexity index is 5500. The first-order valence-corrected chi connectivity index (χ1v) is 45.8. The van der Waals surface area contributed by atoms with Crippen molar-refractivity contribution in [3.63, 3.8) is 0 Å². The predicted molar refractivity (Wildman–Crippen MR) is 446 cm³/mol. The van der Waals surface area contributed by atoms with Crippen LogP contribution in [0, 0.1) is 0 Å². The van der Waals surface area contributed by atoms with Gasteiger partial charge in [0, 0.05) is 148 Å². The molecular weight excluding hydrogens is 1580 g/mol. The number of amides is 5. The maximum atomic E-state index is 14.2. The first-order chi connectivity index (χ1) is 53.8. The van der Waals surface area contributed by atoms with E-state index in [1.807, 2.05) is 136 Å². The van der Waals surface area contributed by atoms with Crippen LogP contribution in [-0.4, -0.2) is 172 Å². The number of aliphatic hydroxyl groups is 1. The largest absolute Gasteiger partial charge is 0.444 e. The number of benzene rings is 3. The highest BCUT2D eigenvalue weighted by atomic mass is 35.5. The number of nitrogens with zero attached hydrogens (tertiary/aromatic N) is 10. The van der Waals surface area contributed by atoms with Gasteiger partial charge in [0.25, 0.3) is 0 Å². The Morgan fingerprint density at radius 2 is 0.825 bits per heavy atom. The molecule has 0 atom stereocenters. The van der Waals surface area contributed by atoms with Gasteiger partial charge in [0.05, 0.1) is 88.9 Å². The van der Waals surface area contributed by atoms with Gasteiger partial charge >= 0.3 is 12.2 Å². The Balaban J connectivity index is 0.000000146. The molecule has 610 valence electrons. The molecule has 0 bridgehead atoms. The second-order valence-corrected chi connectivity index (χ2v) is 40.9. The number of sulfone groups is 3. The highest BCUT2D eigenvalue weighted by molar-refractivity contribution is 7.91. The zero-order chi connectivity index (χ0) is 82.1. The third-order valence-electron chi connectivity index (χ3n) is 22.1. The SMILES string of the molecule is CC(C)(C)OC(=O)N1CCC2(CC1)C(=O)N(Cc1cc3cc(Cl)ccc3n1CCCS(C)(=O)=O)c1cnccc12.CC(C)(C)OC(=O)N1CCC2(CC1)C(=O)Nc1cnccc12.CS(=O)(=O)CCCn1c(CN2C(=O)C3(CCCCC3)c3ccncc32)cc2cc(Cl)ccc21.CS(=O)(=O)CCCn1c(CO)cc2cc(Cl)ccc21. The van der Waals surface area contributed by atoms with Crippen LogP contribution in [0.15, 0.2) is 128 Å². The molecule has 1 aliphatic carbocycles. The summed E-state index contributed by atoms with van der Waals surface area (Å²) in [4.78, 5) is 85.1. The second kappa shape index (κ2) is 33.9. The highest BCUT2D eigenvalue weighted by Gasteiger charge is 2.55. The number of hydrogen-bond acceptors (Lipinski definition) is 17. The first-order valence-electron chi connectivity index (χ1n) is 38.5. The fourth-order valence-electron chi connectivity index (χ4n) is 16.8. The number of ether oxygens (including phenoxy) is 2. The van der Waals surface area contributed by atoms with Crippen molar-refractivity contribution in [1.82, 2.24) is 38.5 Å². The van der Waals surface area contributed by atoms with E-state index in [1.54, 1.807) is 51.8 Å². The molecule has 15 rings (SSSR count). The number of hydrogen-bond donors (Lipinski definition) is 2. The lowest BCUT2D eigenvalue weighted by atomic mass is 9.70. The van der Waals surface area contributed by atoms with E-state index in [2.05, 4.69) is 35.5 Å². The van der Waals surface area contributed by atoms with Crippen molar-refractivity contribution in [1.29, 1.82) is 0 Å². The number of nitrogens with one attached hydrogen (secondary N) is 1. The molecular formula is C83H100Cl3N11O14S3. The average Bonchev–Trinajstić information content (AvgIpc) is 1.58. The maximum Gasteiger partial charge on any atom is 0.410 e. The summed E-state index contributed by atoms with van der Waals surface area (Å²) in [5, 5.41) is 17.1. The van der Waals surface area contributed by atoms with E-state index < -0.39 is 57.0 Å². The molecule has 1 saturated carbocycles. The smallest absolute Gasteiger partial charge is 0.410 e. The lowest BCUT2D eigenvalue weighted by Gasteiger charge is -2.38. The first kappa shape index (κ1) is 84.7. The van der Waals surface area contributed by atoms with E-state index in [0.717, 1.165) is 109 Å². The van der Waals surface area contributed by atoms with Gasteiger partial charge in [-0.25, -0.2) is 34.8 Å². The summed E-state index contributed by atoms with van der Waals surface area (Å²) in [7, 11) is -9.11. The number of carbonyl (C=O) groups excluding carboxylic acids is 5. The average molecular weight is 1680 g/mol. The summed E-state index contributed by atoms with van der Waals surface area (Å²) < 4.78 is 86.4. The molecule has 6 aliphatic rings. The number of pyridine rings is 3. The van der Waals surface area contributed by atoms with Gasteiger partial charge in [-0.2, -0.15) is 0 Å². The number of aromatic nitrogens is 6. The number of aryl methyl sites for hydroxylation is 3. The van der Waals surface area contributed by atoms with Crippen molar-refractivity contribution in [3.05, 3.63) is 177 Å². The number of likely N-dealkylation sites (tertiary alicyclic amines) is 2. The number of anilines is 3. The fraction of sp³-hybridized carbons (Fsp3) is 0.470. The van der Waals surface area contributed by atoms with Crippen LogP contribution < -0.4 is 15.1 Å². The van der Waals surface area contributed by atoms with E-state index in [1.165, 1.54) is 25.2 Å². The minimum atomic E-state index is -3.11. The van der Waals surface area contributed by atoms with Gasteiger partial charge in [-0.1, -0.05) is 54.1 Å². The van der Waals surface area contributed by atoms with E-state index in [0.29, 0.717) is 119 Å². The Kier molecular flexibility index (Phi) is 25.2. The Labute approximate surface area is 681 Å². The Hall–Kier alpha value is -8.64. The van der Waals surface area contributed by atoms with Crippen LogP contribution in [0.5, 0.6) is 0 Å².